The summed E-state index contributed by atoms with van der Waals surface area (Å²) in [6.07, 6.45) is 5.13. The molecular weight excluding hydrogens is 314 g/mol. The van der Waals surface area contributed by atoms with Crippen molar-refractivity contribution >= 4 is 18.3 Å². The van der Waals surface area contributed by atoms with Crippen LogP contribution in [-0.2, 0) is 0 Å². The lowest BCUT2D eigenvalue weighted by Gasteiger charge is -2.22. The maximum absolute atomic E-state index is 12.1. The third kappa shape index (κ3) is 4.77. The highest BCUT2D eigenvalue weighted by Gasteiger charge is 2.14. The normalized spacial score (nSPS) is 17.3. The fraction of sp³-hybridized carbons (Fsp3) is 0.438. The third-order valence-electron chi connectivity index (χ3n) is 3.98. The molecule has 1 aliphatic heterocycles. The van der Waals surface area contributed by atoms with Gasteiger partial charge in [-0.15, -0.1) is 17.5 Å². The maximum Gasteiger partial charge on any atom is 0.273 e. The fourth-order valence-corrected chi connectivity index (χ4v) is 2.73. The molecule has 0 aliphatic carbocycles. The SMILES string of the molecule is Cl.O=C(NCCC1CCCNC1)c1cn(-c2ccccc2)nn1. The van der Waals surface area contributed by atoms with Crippen molar-refractivity contribution in [2.75, 3.05) is 19.6 Å². The van der Waals surface area contributed by atoms with Crippen molar-refractivity contribution in [2.45, 2.75) is 19.3 Å². The molecule has 1 fully saturated rings. The van der Waals surface area contributed by atoms with E-state index in [-0.39, 0.29) is 18.3 Å². The molecule has 3 rings (SSSR count). The van der Waals surface area contributed by atoms with E-state index in [2.05, 4.69) is 20.9 Å². The van der Waals surface area contributed by atoms with Crippen molar-refractivity contribution in [3.8, 4) is 5.69 Å². The molecule has 2 N–H and O–H groups in total. The van der Waals surface area contributed by atoms with Gasteiger partial charge in [0.2, 0.25) is 0 Å². The van der Waals surface area contributed by atoms with Gasteiger partial charge in [0, 0.05) is 6.54 Å². The summed E-state index contributed by atoms with van der Waals surface area (Å²) in [6.45, 7) is 2.86. The highest BCUT2D eigenvalue weighted by Crippen LogP contribution is 2.13. The molecule has 1 aromatic heterocycles. The monoisotopic (exact) mass is 335 g/mol. The number of carbonyl (C=O) groups excluding carboxylic acids is 1. The second kappa shape index (κ2) is 8.64. The smallest absolute Gasteiger partial charge is 0.273 e. The maximum atomic E-state index is 12.1. The number of para-hydroxylation sites is 1. The summed E-state index contributed by atoms with van der Waals surface area (Å²) in [5.74, 6) is 0.500. The van der Waals surface area contributed by atoms with Crippen molar-refractivity contribution in [2.24, 2.45) is 5.92 Å². The standard InChI is InChI=1S/C16H21N5O.ClH/c22-16(18-10-8-13-5-4-9-17-11-13)15-12-21(20-19-15)14-6-2-1-3-7-14;/h1-3,6-7,12-13,17H,4-5,8-11H2,(H,18,22);1H. The Hall–Kier alpha value is -1.92. The van der Waals surface area contributed by atoms with Crippen LogP contribution in [0.25, 0.3) is 5.69 Å². The molecule has 6 nitrogen and oxygen atoms in total. The summed E-state index contributed by atoms with van der Waals surface area (Å²) < 4.78 is 1.61. The molecule has 1 aliphatic rings. The number of hydrogen-bond donors (Lipinski definition) is 2. The number of aromatic nitrogens is 3. The lowest BCUT2D eigenvalue weighted by Crippen LogP contribution is -2.33. The molecule has 1 atom stereocenters. The van der Waals surface area contributed by atoms with Crippen LogP contribution in [0.1, 0.15) is 29.8 Å². The van der Waals surface area contributed by atoms with Crippen molar-refractivity contribution in [1.29, 1.82) is 0 Å². The summed E-state index contributed by atoms with van der Waals surface area (Å²) >= 11 is 0. The zero-order chi connectivity index (χ0) is 15.2. The summed E-state index contributed by atoms with van der Waals surface area (Å²) in [4.78, 5) is 12.1. The van der Waals surface area contributed by atoms with Gasteiger partial charge in [-0.3, -0.25) is 4.79 Å². The van der Waals surface area contributed by atoms with Gasteiger partial charge in [0.15, 0.2) is 5.69 Å². The topological polar surface area (TPSA) is 71.8 Å². The Morgan fingerprint density at radius 3 is 2.91 bits per heavy atom. The van der Waals surface area contributed by atoms with E-state index >= 15 is 0 Å². The zero-order valence-corrected chi connectivity index (χ0v) is 13.8. The van der Waals surface area contributed by atoms with Crippen LogP contribution in [0, 0.1) is 5.92 Å². The molecule has 0 saturated carbocycles. The van der Waals surface area contributed by atoms with E-state index in [1.54, 1.807) is 10.9 Å². The average molecular weight is 336 g/mol. The molecular formula is C16H22ClN5O. The molecule has 0 radical (unpaired) electrons. The van der Waals surface area contributed by atoms with Crippen LogP contribution >= 0.6 is 12.4 Å². The second-order valence-electron chi connectivity index (χ2n) is 5.64. The Morgan fingerprint density at radius 1 is 1.35 bits per heavy atom. The quantitative estimate of drug-likeness (QED) is 0.874. The number of rotatable bonds is 5. The highest BCUT2D eigenvalue weighted by molar-refractivity contribution is 5.91. The minimum absolute atomic E-state index is 0. The van der Waals surface area contributed by atoms with E-state index in [9.17, 15) is 4.79 Å². The van der Waals surface area contributed by atoms with E-state index in [1.807, 2.05) is 30.3 Å². The number of halogens is 1. The van der Waals surface area contributed by atoms with Crippen LogP contribution in [0.5, 0.6) is 0 Å². The number of nitrogens with one attached hydrogen (secondary N) is 2. The van der Waals surface area contributed by atoms with E-state index in [1.165, 1.54) is 12.8 Å². The van der Waals surface area contributed by atoms with Gasteiger partial charge in [0.1, 0.15) is 0 Å². The third-order valence-corrected chi connectivity index (χ3v) is 3.98. The van der Waals surface area contributed by atoms with Gasteiger partial charge < -0.3 is 10.6 Å². The number of amides is 1. The Morgan fingerprint density at radius 2 is 2.17 bits per heavy atom. The summed E-state index contributed by atoms with van der Waals surface area (Å²) in [6, 6.07) is 9.64. The van der Waals surface area contributed by atoms with E-state index < -0.39 is 0 Å². The average Bonchev–Trinajstić information content (AvgIpc) is 3.07. The Bertz CT molecular complexity index is 610. The predicted molar refractivity (Wildman–Crippen MR) is 91.2 cm³/mol. The van der Waals surface area contributed by atoms with Gasteiger partial charge in [0.25, 0.3) is 5.91 Å². The van der Waals surface area contributed by atoms with Crippen LogP contribution in [0.2, 0.25) is 0 Å². The molecule has 124 valence electrons. The van der Waals surface area contributed by atoms with Crippen LogP contribution < -0.4 is 10.6 Å². The molecule has 0 bridgehead atoms. The van der Waals surface area contributed by atoms with E-state index in [0.717, 1.165) is 25.2 Å². The molecule has 7 heteroatoms. The molecule has 23 heavy (non-hydrogen) atoms. The first-order valence-electron chi connectivity index (χ1n) is 7.79. The largest absolute Gasteiger partial charge is 0.351 e. The molecule has 2 heterocycles. The minimum Gasteiger partial charge on any atom is -0.351 e. The Kier molecular flexibility index (Phi) is 6.55. The zero-order valence-electron chi connectivity index (χ0n) is 12.9. The van der Waals surface area contributed by atoms with Crippen molar-refractivity contribution < 1.29 is 4.79 Å². The van der Waals surface area contributed by atoms with Crippen LogP contribution in [0.3, 0.4) is 0 Å². The van der Waals surface area contributed by atoms with Crippen LogP contribution in [0.4, 0.5) is 0 Å². The van der Waals surface area contributed by atoms with Gasteiger partial charge in [0.05, 0.1) is 11.9 Å². The molecule has 1 aromatic carbocycles. The first-order valence-corrected chi connectivity index (χ1v) is 7.79. The first kappa shape index (κ1) is 17.4. The first-order chi connectivity index (χ1) is 10.8. The number of hydrogen-bond acceptors (Lipinski definition) is 4. The fourth-order valence-electron chi connectivity index (χ4n) is 2.73. The number of benzene rings is 1. The summed E-state index contributed by atoms with van der Waals surface area (Å²) in [5.41, 5.74) is 1.24. The van der Waals surface area contributed by atoms with Gasteiger partial charge in [-0.05, 0) is 50.4 Å². The molecule has 0 spiro atoms. The number of piperidine rings is 1. The number of nitrogens with zero attached hydrogens (tertiary/aromatic N) is 3. The lowest BCUT2D eigenvalue weighted by molar-refractivity contribution is 0.0945. The Labute approximate surface area is 142 Å². The summed E-state index contributed by atoms with van der Waals surface area (Å²) in [7, 11) is 0. The molecule has 1 amide bonds. The van der Waals surface area contributed by atoms with Gasteiger partial charge in [-0.2, -0.15) is 0 Å². The molecule has 2 aromatic rings. The molecule has 1 saturated heterocycles. The van der Waals surface area contributed by atoms with Gasteiger partial charge in [-0.25, -0.2) is 4.68 Å². The number of carbonyl (C=O) groups is 1. The predicted octanol–water partition coefficient (Wildman–Crippen LogP) is 1.81. The van der Waals surface area contributed by atoms with Crippen molar-refractivity contribution in [3.63, 3.8) is 0 Å². The minimum atomic E-state index is -0.161. The van der Waals surface area contributed by atoms with Crippen LogP contribution in [0.15, 0.2) is 36.5 Å². The van der Waals surface area contributed by atoms with Gasteiger partial charge >= 0.3 is 0 Å². The highest BCUT2D eigenvalue weighted by atomic mass is 35.5. The van der Waals surface area contributed by atoms with Crippen LogP contribution in [-0.4, -0.2) is 40.5 Å². The van der Waals surface area contributed by atoms with E-state index in [4.69, 9.17) is 0 Å². The van der Waals surface area contributed by atoms with Crippen molar-refractivity contribution in [1.82, 2.24) is 25.6 Å². The van der Waals surface area contributed by atoms with Crippen molar-refractivity contribution in [3.05, 3.63) is 42.2 Å². The second-order valence-corrected chi connectivity index (χ2v) is 5.64. The van der Waals surface area contributed by atoms with E-state index in [0.29, 0.717) is 18.2 Å². The lowest BCUT2D eigenvalue weighted by atomic mass is 9.96. The summed E-state index contributed by atoms with van der Waals surface area (Å²) in [5, 5.41) is 14.3. The molecule has 1 unspecified atom stereocenters. The Balaban J connectivity index is 0.00000192. The van der Waals surface area contributed by atoms with Gasteiger partial charge in [-0.1, -0.05) is 23.4 Å².